The molecule has 0 radical (unpaired) electrons. The van der Waals surface area contributed by atoms with Crippen molar-refractivity contribution in [1.82, 2.24) is 0 Å². The van der Waals surface area contributed by atoms with Gasteiger partial charge in [0, 0.05) is 26.2 Å². The first kappa shape index (κ1) is 12.2. The quantitative estimate of drug-likeness (QED) is 0.546. The molecule has 0 spiro atoms. The van der Waals surface area contributed by atoms with Gasteiger partial charge in [0.25, 0.3) is 0 Å². The van der Waals surface area contributed by atoms with Gasteiger partial charge >= 0.3 is 0 Å². The van der Waals surface area contributed by atoms with Crippen LogP contribution in [0.25, 0.3) is 0 Å². The maximum Gasteiger partial charge on any atom is 0 e. The maximum absolute atomic E-state index is 2.25. The van der Waals surface area contributed by atoms with Crippen LogP contribution in [0.1, 0.15) is 38.2 Å². The summed E-state index contributed by atoms with van der Waals surface area (Å²) in [6, 6.07) is 8.67. The Morgan fingerprint density at radius 2 is 1.67 bits per heavy atom. The van der Waals surface area contributed by atoms with Gasteiger partial charge in [0.15, 0.2) is 0 Å². The molecule has 0 N–H and O–H groups in total. The summed E-state index contributed by atoms with van der Waals surface area (Å²) < 4.78 is 0. The van der Waals surface area contributed by atoms with Crippen LogP contribution >= 0.6 is 0 Å². The minimum absolute atomic E-state index is 0. The molecule has 66 valence electrons. The zero-order chi connectivity index (χ0) is 7.94. The summed E-state index contributed by atoms with van der Waals surface area (Å²) in [6.07, 6.45) is 6.74. The smallest absolute Gasteiger partial charge is 0 e. The second-order valence-corrected chi connectivity index (χ2v) is 3.10. The summed E-state index contributed by atoms with van der Waals surface area (Å²) >= 11 is 0. The van der Waals surface area contributed by atoms with Gasteiger partial charge in [-0.25, -0.2) is 12.1 Å². The summed E-state index contributed by atoms with van der Waals surface area (Å²) in [4.78, 5) is 0. The first-order valence-corrected chi connectivity index (χ1v) is 4.64. The molecule has 1 rings (SSSR count). The summed E-state index contributed by atoms with van der Waals surface area (Å²) in [7, 11) is 0. The fourth-order valence-electron chi connectivity index (χ4n) is 1.34. The molecule has 0 heterocycles. The Morgan fingerprint density at radius 3 is 2.25 bits per heavy atom. The van der Waals surface area contributed by atoms with Gasteiger partial charge in [0.05, 0.1) is 0 Å². The second-order valence-electron chi connectivity index (χ2n) is 3.10. The van der Waals surface area contributed by atoms with Gasteiger partial charge < -0.3 is 0 Å². The molecule has 0 aliphatic rings. The summed E-state index contributed by atoms with van der Waals surface area (Å²) in [5, 5.41) is 0. The van der Waals surface area contributed by atoms with Crippen molar-refractivity contribution in [2.24, 2.45) is 0 Å². The van der Waals surface area contributed by atoms with E-state index in [4.69, 9.17) is 0 Å². The van der Waals surface area contributed by atoms with E-state index in [1.165, 1.54) is 37.7 Å². The Morgan fingerprint density at radius 1 is 1.00 bits per heavy atom. The number of rotatable bonds is 5. The maximum atomic E-state index is 2.25. The van der Waals surface area contributed by atoms with Gasteiger partial charge in [0.2, 0.25) is 0 Å². The number of unbranched alkanes of at least 4 members (excludes halogenated alkanes) is 3. The van der Waals surface area contributed by atoms with Gasteiger partial charge in [-0.2, -0.15) is 17.7 Å². The Balaban J connectivity index is 0.00000121. The summed E-state index contributed by atoms with van der Waals surface area (Å²) in [6.45, 7) is 2.25. The molecule has 0 fully saturated rings. The molecule has 0 saturated heterocycles. The molecule has 0 atom stereocenters. The average molecular weight is 240 g/mol. The zero-order valence-corrected chi connectivity index (χ0v) is 10.3. The minimum atomic E-state index is 0. The molecule has 1 heteroatoms. The molecular weight excluding hydrogens is 223 g/mol. The van der Waals surface area contributed by atoms with Crippen molar-refractivity contribution in [3.63, 3.8) is 0 Å². The van der Waals surface area contributed by atoms with Gasteiger partial charge in [-0.05, 0) is 0 Å². The Bertz CT molecular complexity index is 165. The van der Waals surface area contributed by atoms with Gasteiger partial charge in [0.1, 0.15) is 0 Å². The average Bonchev–Trinajstić information content (AvgIpc) is 2.50. The first-order valence-electron chi connectivity index (χ1n) is 4.64. The molecule has 0 amide bonds. The van der Waals surface area contributed by atoms with E-state index in [0.29, 0.717) is 0 Å². The van der Waals surface area contributed by atoms with Crippen molar-refractivity contribution in [1.29, 1.82) is 0 Å². The van der Waals surface area contributed by atoms with Crippen LogP contribution in [-0.2, 0) is 32.6 Å². The molecule has 0 aromatic heterocycles. The van der Waals surface area contributed by atoms with Crippen LogP contribution in [0.4, 0.5) is 0 Å². The SMILES string of the molecule is CCCCCC[c-]1cccc1.[Zr]. The third kappa shape index (κ3) is 4.98. The monoisotopic (exact) mass is 239 g/mol. The van der Waals surface area contributed by atoms with E-state index >= 15 is 0 Å². The molecule has 0 saturated carbocycles. The molecule has 0 aliphatic heterocycles. The van der Waals surface area contributed by atoms with Crippen molar-refractivity contribution in [3.8, 4) is 0 Å². The fraction of sp³-hybridized carbons (Fsp3) is 0.545. The van der Waals surface area contributed by atoms with Crippen molar-refractivity contribution in [2.45, 2.75) is 39.0 Å². The van der Waals surface area contributed by atoms with E-state index < -0.39 is 0 Å². The molecule has 12 heavy (non-hydrogen) atoms. The van der Waals surface area contributed by atoms with E-state index in [9.17, 15) is 0 Å². The summed E-state index contributed by atoms with van der Waals surface area (Å²) in [5.74, 6) is 0. The summed E-state index contributed by atoms with van der Waals surface area (Å²) in [5.41, 5.74) is 1.50. The Kier molecular flexibility index (Phi) is 8.01. The van der Waals surface area contributed by atoms with Crippen molar-refractivity contribution >= 4 is 0 Å². The third-order valence-corrected chi connectivity index (χ3v) is 2.05. The van der Waals surface area contributed by atoms with E-state index in [-0.39, 0.29) is 26.2 Å². The van der Waals surface area contributed by atoms with Crippen LogP contribution in [0.3, 0.4) is 0 Å². The Hall–Kier alpha value is 0.233. The van der Waals surface area contributed by atoms with Crippen LogP contribution < -0.4 is 0 Å². The third-order valence-electron chi connectivity index (χ3n) is 2.05. The number of hydrogen-bond acceptors (Lipinski definition) is 0. The minimum Gasteiger partial charge on any atom is -0.213 e. The predicted molar refractivity (Wildman–Crippen MR) is 49.9 cm³/mol. The van der Waals surface area contributed by atoms with E-state index in [0.717, 1.165) is 0 Å². The fourth-order valence-corrected chi connectivity index (χ4v) is 1.34. The molecule has 0 unspecified atom stereocenters. The van der Waals surface area contributed by atoms with Crippen LogP contribution in [0.15, 0.2) is 24.3 Å². The van der Waals surface area contributed by atoms with Crippen molar-refractivity contribution < 1.29 is 26.2 Å². The van der Waals surface area contributed by atoms with E-state index in [1.54, 1.807) is 0 Å². The van der Waals surface area contributed by atoms with Crippen molar-refractivity contribution in [3.05, 3.63) is 29.8 Å². The van der Waals surface area contributed by atoms with Gasteiger partial charge in [-0.1, -0.05) is 39.0 Å². The molecule has 1 aromatic carbocycles. The van der Waals surface area contributed by atoms with E-state index in [1.807, 2.05) is 0 Å². The number of hydrogen-bond donors (Lipinski definition) is 0. The first-order chi connectivity index (χ1) is 5.43. The van der Waals surface area contributed by atoms with Gasteiger partial charge in [-0.3, -0.25) is 0 Å². The van der Waals surface area contributed by atoms with Crippen molar-refractivity contribution in [2.75, 3.05) is 0 Å². The molecule has 0 nitrogen and oxygen atoms in total. The molecule has 0 aliphatic carbocycles. The second kappa shape index (κ2) is 7.86. The topological polar surface area (TPSA) is 0 Å². The van der Waals surface area contributed by atoms with E-state index in [2.05, 4.69) is 31.2 Å². The number of aryl methyl sites for hydroxylation is 1. The largest absolute Gasteiger partial charge is 0.213 e. The zero-order valence-electron chi connectivity index (χ0n) is 7.84. The van der Waals surface area contributed by atoms with Crippen LogP contribution in [0.2, 0.25) is 0 Å². The normalized spacial score (nSPS) is 9.42. The van der Waals surface area contributed by atoms with Crippen LogP contribution in [0.5, 0.6) is 0 Å². The Labute approximate surface area is 94.9 Å². The molecule has 1 aromatic rings. The predicted octanol–water partition coefficient (Wildman–Crippen LogP) is 3.53. The van der Waals surface area contributed by atoms with Crippen LogP contribution in [-0.4, -0.2) is 0 Å². The van der Waals surface area contributed by atoms with Gasteiger partial charge in [-0.15, -0.1) is 0 Å². The molecular formula is C11H17Zr-. The standard InChI is InChI=1S/C11H17.Zr/c1-2-3-4-5-8-11-9-6-7-10-11;/h6-7,9-10H,2-5,8H2,1H3;/q-1;. The van der Waals surface area contributed by atoms with Crippen LogP contribution in [0, 0.1) is 0 Å². The molecule has 0 bridgehead atoms.